The minimum Gasteiger partial charge on any atom is -0.378 e. The van der Waals surface area contributed by atoms with Crippen LogP contribution >= 0.6 is 0 Å². The normalized spacial score (nSPS) is 31.1. The monoisotopic (exact) mass is 322 g/mol. The Kier molecular flexibility index (Phi) is 5.67. The molecule has 2 aliphatic heterocycles. The molecular formula is C17H26N2O4. The number of carbonyl (C=O) groups is 2. The third-order valence-corrected chi connectivity index (χ3v) is 4.94. The fourth-order valence-electron chi connectivity index (χ4n) is 3.55. The molecule has 6 heteroatoms. The molecule has 0 aromatic rings. The summed E-state index contributed by atoms with van der Waals surface area (Å²) in [4.78, 5) is 27.2. The maximum Gasteiger partial charge on any atom is 0.226 e. The summed E-state index contributed by atoms with van der Waals surface area (Å²) in [6.45, 7) is 3.77. The Labute approximate surface area is 137 Å². The van der Waals surface area contributed by atoms with Crippen LogP contribution in [0.1, 0.15) is 25.7 Å². The number of carbonyl (C=O) groups excluding carboxylic acids is 2. The third-order valence-electron chi connectivity index (χ3n) is 4.94. The highest BCUT2D eigenvalue weighted by Gasteiger charge is 2.36. The van der Waals surface area contributed by atoms with Crippen LogP contribution in [0.5, 0.6) is 0 Å². The van der Waals surface area contributed by atoms with Crippen molar-refractivity contribution in [3.63, 3.8) is 0 Å². The molecule has 3 rings (SSSR count). The first-order valence-corrected chi connectivity index (χ1v) is 8.66. The van der Waals surface area contributed by atoms with Crippen molar-refractivity contribution >= 4 is 11.8 Å². The van der Waals surface area contributed by atoms with Crippen LogP contribution in [0.2, 0.25) is 0 Å². The number of amides is 2. The molecule has 0 saturated carbocycles. The molecule has 0 aromatic heterocycles. The molecule has 3 aliphatic rings. The van der Waals surface area contributed by atoms with Crippen molar-refractivity contribution in [1.29, 1.82) is 0 Å². The number of rotatable bonds is 4. The molecular weight excluding hydrogens is 296 g/mol. The third kappa shape index (κ3) is 4.12. The van der Waals surface area contributed by atoms with Gasteiger partial charge in [0.15, 0.2) is 0 Å². The molecule has 0 bridgehead atoms. The summed E-state index contributed by atoms with van der Waals surface area (Å²) in [5.74, 6) is -0.439. The minimum atomic E-state index is -0.267. The molecule has 2 saturated heterocycles. The van der Waals surface area contributed by atoms with Crippen molar-refractivity contribution in [2.75, 3.05) is 39.5 Å². The van der Waals surface area contributed by atoms with E-state index in [9.17, 15) is 9.59 Å². The summed E-state index contributed by atoms with van der Waals surface area (Å²) in [5, 5.41) is 2.99. The zero-order chi connectivity index (χ0) is 16.1. The molecule has 6 nitrogen and oxygen atoms in total. The van der Waals surface area contributed by atoms with Gasteiger partial charge in [-0.15, -0.1) is 0 Å². The Balaban J connectivity index is 1.57. The predicted molar refractivity (Wildman–Crippen MR) is 84.7 cm³/mol. The summed E-state index contributed by atoms with van der Waals surface area (Å²) in [6.07, 6.45) is 7.51. The highest BCUT2D eigenvalue weighted by molar-refractivity contribution is 5.88. The average Bonchev–Trinajstić information content (AvgIpc) is 3.13. The number of hydrogen-bond donors (Lipinski definition) is 1. The van der Waals surface area contributed by atoms with E-state index in [-0.39, 0.29) is 29.8 Å². The SMILES string of the molecule is O=C(NCC1CCCO1)C1CC=CCC1C(=O)N1CCOCC1. The van der Waals surface area contributed by atoms with E-state index >= 15 is 0 Å². The van der Waals surface area contributed by atoms with Gasteiger partial charge in [0, 0.05) is 26.2 Å². The van der Waals surface area contributed by atoms with Gasteiger partial charge in [-0.3, -0.25) is 9.59 Å². The Hall–Kier alpha value is -1.40. The van der Waals surface area contributed by atoms with Crippen LogP contribution in [0, 0.1) is 11.8 Å². The highest BCUT2D eigenvalue weighted by Crippen LogP contribution is 2.28. The molecule has 1 N–H and O–H groups in total. The van der Waals surface area contributed by atoms with Gasteiger partial charge in [0.1, 0.15) is 0 Å². The van der Waals surface area contributed by atoms with Gasteiger partial charge in [-0.1, -0.05) is 12.2 Å². The Morgan fingerprint density at radius 3 is 2.52 bits per heavy atom. The average molecular weight is 322 g/mol. The quantitative estimate of drug-likeness (QED) is 0.775. The van der Waals surface area contributed by atoms with Gasteiger partial charge in [0.2, 0.25) is 11.8 Å². The van der Waals surface area contributed by atoms with Crippen LogP contribution < -0.4 is 5.32 Å². The van der Waals surface area contributed by atoms with Crippen LogP contribution in [-0.4, -0.2) is 62.3 Å². The van der Waals surface area contributed by atoms with E-state index in [2.05, 4.69) is 5.32 Å². The first-order chi connectivity index (χ1) is 11.3. The maximum absolute atomic E-state index is 12.8. The van der Waals surface area contributed by atoms with Crippen molar-refractivity contribution in [1.82, 2.24) is 10.2 Å². The molecule has 23 heavy (non-hydrogen) atoms. The first kappa shape index (κ1) is 16.5. The van der Waals surface area contributed by atoms with E-state index in [0.717, 1.165) is 19.4 Å². The summed E-state index contributed by atoms with van der Waals surface area (Å²) in [5.41, 5.74) is 0. The van der Waals surface area contributed by atoms with Gasteiger partial charge in [0.25, 0.3) is 0 Å². The fraction of sp³-hybridized carbons (Fsp3) is 0.765. The predicted octanol–water partition coefficient (Wildman–Crippen LogP) is 0.723. The Morgan fingerprint density at radius 1 is 1.09 bits per heavy atom. The standard InChI is InChI=1S/C17H26N2O4/c20-16(18-12-13-4-3-9-23-13)14-5-1-2-6-15(14)17(21)19-7-10-22-11-8-19/h1-2,13-15H,3-12H2,(H,18,20). The van der Waals surface area contributed by atoms with Crippen LogP contribution in [0.3, 0.4) is 0 Å². The largest absolute Gasteiger partial charge is 0.378 e. The van der Waals surface area contributed by atoms with Gasteiger partial charge in [-0.25, -0.2) is 0 Å². The number of morpholine rings is 1. The lowest BCUT2D eigenvalue weighted by Crippen LogP contribution is -2.48. The molecule has 2 fully saturated rings. The molecule has 128 valence electrons. The maximum atomic E-state index is 12.8. The molecule has 0 aromatic carbocycles. The van der Waals surface area contributed by atoms with Crippen molar-refractivity contribution in [3.05, 3.63) is 12.2 Å². The molecule has 2 heterocycles. The second-order valence-electron chi connectivity index (χ2n) is 6.47. The Bertz CT molecular complexity index is 454. The minimum absolute atomic E-state index is 0.0172. The number of nitrogens with one attached hydrogen (secondary N) is 1. The van der Waals surface area contributed by atoms with E-state index in [4.69, 9.17) is 9.47 Å². The summed E-state index contributed by atoms with van der Waals surface area (Å²) < 4.78 is 10.8. The van der Waals surface area contributed by atoms with E-state index in [1.807, 2.05) is 17.1 Å². The number of nitrogens with zero attached hydrogens (tertiary/aromatic N) is 1. The first-order valence-electron chi connectivity index (χ1n) is 8.66. The van der Waals surface area contributed by atoms with Crippen LogP contribution in [0.15, 0.2) is 12.2 Å². The van der Waals surface area contributed by atoms with Crippen molar-refractivity contribution in [2.24, 2.45) is 11.8 Å². The second kappa shape index (κ2) is 7.93. The summed E-state index contributed by atoms with van der Waals surface area (Å²) in [7, 11) is 0. The van der Waals surface area contributed by atoms with Crippen LogP contribution in [0.4, 0.5) is 0 Å². The smallest absolute Gasteiger partial charge is 0.226 e. The van der Waals surface area contributed by atoms with Crippen molar-refractivity contribution < 1.29 is 19.1 Å². The van der Waals surface area contributed by atoms with Gasteiger partial charge >= 0.3 is 0 Å². The topological polar surface area (TPSA) is 67.9 Å². The van der Waals surface area contributed by atoms with Gasteiger partial charge in [0.05, 0.1) is 31.2 Å². The van der Waals surface area contributed by atoms with E-state index < -0.39 is 0 Å². The molecule has 1 aliphatic carbocycles. The second-order valence-corrected chi connectivity index (χ2v) is 6.47. The van der Waals surface area contributed by atoms with Crippen LogP contribution in [0.25, 0.3) is 0 Å². The van der Waals surface area contributed by atoms with Crippen LogP contribution in [-0.2, 0) is 19.1 Å². The molecule has 2 amide bonds. The van der Waals surface area contributed by atoms with Crippen molar-refractivity contribution in [2.45, 2.75) is 31.8 Å². The van der Waals surface area contributed by atoms with Gasteiger partial charge in [-0.05, 0) is 25.7 Å². The van der Waals surface area contributed by atoms with Gasteiger partial charge in [-0.2, -0.15) is 0 Å². The fourth-order valence-corrected chi connectivity index (χ4v) is 3.55. The summed E-state index contributed by atoms with van der Waals surface area (Å²) in [6, 6.07) is 0. The van der Waals surface area contributed by atoms with E-state index in [0.29, 0.717) is 45.7 Å². The lowest BCUT2D eigenvalue weighted by molar-refractivity contribution is -0.145. The van der Waals surface area contributed by atoms with E-state index in [1.54, 1.807) is 0 Å². The van der Waals surface area contributed by atoms with Crippen molar-refractivity contribution in [3.8, 4) is 0 Å². The Morgan fingerprint density at radius 2 is 1.83 bits per heavy atom. The number of hydrogen-bond acceptors (Lipinski definition) is 4. The molecule has 3 unspecified atom stereocenters. The zero-order valence-electron chi connectivity index (χ0n) is 13.5. The highest BCUT2D eigenvalue weighted by atomic mass is 16.5. The zero-order valence-corrected chi connectivity index (χ0v) is 13.5. The number of allylic oxidation sites excluding steroid dienone is 2. The number of ether oxygens (including phenoxy) is 2. The van der Waals surface area contributed by atoms with Gasteiger partial charge < -0.3 is 19.7 Å². The molecule has 0 spiro atoms. The summed E-state index contributed by atoms with van der Waals surface area (Å²) >= 11 is 0. The molecule has 3 atom stereocenters. The van der Waals surface area contributed by atoms with E-state index in [1.165, 1.54) is 0 Å². The molecule has 0 radical (unpaired) electrons. The lowest BCUT2D eigenvalue weighted by Gasteiger charge is -2.34. The lowest BCUT2D eigenvalue weighted by atomic mass is 9.81.